The highest BCUT2D eigenvalue weighted by atomic mass is 79.9. The highest BCUT2D eigenvalue weighted by molar-refractivity contribution is 9.10. The molecule has 0 bridgehead atoms. The van der Waals surface area contributed by atoms with Crippen LogP contribution in [0.3, 0.4) is 0 Å². The Morgan fingerprint density at radius 2 is 1.83 bits per heavy atom. The second kappa shape index (κ2) is 12.5. The highest BCUT2D eigenvalue weighted by Crippen LogP contribution is 2.37. The summed E-state index contributed by atoms with van der Waals surface area (Å²) >= 11 is 15.6. The summed E-state index contributed by atoms with van der Waals surface area (Å²) in [6.07, 6.45) is 0.935. The van der Waals surface area contributed by atoms with Gasteiger partial charge in [0.2, 0.25) is 11.8 Å². The lowest BCUT2D eigenvalue weighted by atomic mass is 10.2. The van der Waals surface area contributed by atoms with E-state index in [-0.39, 0.29) is 6.61 Å². The molecule has 0 unspecified atom stereocenters. The van der Waals surface area contributed by atoms with Crippen LogP contribution in [0.15, 0.2) is 64.2 Å². The number of carbonyl (C=O) groups is 2. The molecular weight excluding hydrogens is 564 g/mol. The molecule has 2 amide bonds. The summed E-state index contributed by atoms with van der Waals surface area (Å²) in [7, 11) is 1.49. The third-order valence-electron chi connectivity index (χ3n) is 4.49. The summed E-state index contributed by atoms with van der Waals surface area (Å²) in [5.41, 5.74) is 4.01. The zero-order chi connectivity index (χ0) is 25.4. The first-order chi connectivity index (χ1) is 16.7. The number of methoxy groups -OCH3 is 1. The Bertz CT molecular complexity index is 1260. The predicted octanol–water partition coefficient (Wildman–Crippen LogP) is 5.96. The van der Waals surface area contributed by atoms with Crippen LogP contribution in [-0.2, 0) is 16.2 Å². The molecule has 0 radical (unpaired) electrons. The van der Waals surface area contributed by atoms with E-state index in [9.17, 15) is 14.0 Å². The number of carbonyl (C=O) groups excluding carboxylic acids is 2. The van der Waals surface area contributed by atoms with Gasteiger partial charge in [-0.15, -0.1) is 0 Å². The van der Waals surface area contributed by atoms with E-state index in [2.05, 4.69) is 31.8 Å². The third kappa shape index (κ3) is 7.95. The molecule has 2 N–H and O–H groups in total. The lowest BCUT2D eigenvalue weighted by Gasteiger charge is -2.14. The molecule has 35 heavy (non-hydrogen) atoms. The van der Waals surface area contributed by atoms with Crippen molar-refractivity contribution in [1.82, 2.24) is 5.43 Å². The van der Waals surface area contributed by atoms with Crippen LogP contribution >= 0.6 is 39.1 Å². The number of anilines is 1. The highest BCUT2D eigenvalue weighted by Gasteiger charge is 2.13. The normalized spacial score (nSPS) is 10.8. The first-order valence-corrected chi connectivity index (χ1v) is 11.6. The van der Waals surface area contributed by atoms with Gasteiger partial charge >= 0.3 is 0 Å². The van der Waals surface area contributed by atoms with Gasteiger partial charge in [0.25, 0.3) is 0 Å². The van der Waals surface area contributed by atoms with Gasteiger partial charge in [-0.3, -0.25) is 9.59 Å². The van der Waals surface area contributed by atoms with Gasteiger partial charge in [0.15, 0.2) is 11.5 Å². The van der Waals surface area contributed by atoms with Gasteiger partial charge < -0.3 is 14.8 Å². The lowest BCUT2D eigenvalue weighted by molar-refractivity contribution is -0.126. The quantitative estimate of drug-likeness (QED) is 0.185. The molecule has 3 rings (SSSR count). The fraction of sp³-hybridized carbons (Fsp3) is 0.125. The summed E-state index contributed by atoms with van der Waals surface area (Å²) in [5.74, 6) is -0.723. The number of halogens is 4. The van der Waals surface area contributed by atoms with Crippen LogP contribution in [0.2, 0.25) is 10.0 Å². The van der Waals surface area contributed by atoms with Crippen LogP contribution in [-0.4, -0.2) is 25.1 Å². The number of hydrazone groups is 1. The Balaban J connectivity index is 1.57. The minimum atomic E-state index is -0.619. The number of amides is 2. The van der Waals surface area contributed by atoms with E-state index in [0.29, 0.717) is 37.3 Å². The molecule has 0 saturated heterocycles. The zero-order valence-corrected chi connectivity index (χ0v) is 21.4. The zero-order valence-electron chi connectivity index (χ0n) is 18.3. The summed E-state index contributed by atoms with van der Waals surface area (Å²) in [6, 6.07) is 13.7. The number of rotatable bonds is 9. The van der Waals surface area contributed by atoms with Crippen LogP contribution in [0, 0.1) is 5.82 Å². The van der Waals surface area contributed by atoms with Crippen molar-refractivity contribution in [3.05, 3.63) is 86.1 Å². The standard InChI is InChI=1S/C24H19BrCl2FN3O4/c1-34-21-9-14(8-19(25)24(21)35-13-15-2-3-16(26)10-20(15)27)12-29-31-23(33)11-22(32)30-18-6-4-17(28)5-7-18/h2-10,12H,11,13H2,1H3,(H,30,32)(H,31,33). The molecule has 0 aromatic heterocycles. The number of hydrogen-bond donors (Lipinski definition) is 2. The van der Waals surface area contributed by atoms with Gasteiger partial charge in [0.05, 0.1) is 17.8 Å². The van der Waals surface area contributed by atoms with Crippen molar-refractivity contribution in [2.24, 2.45) is 5.10 Å². The fourth-order valence-corrected chi connectivity index (χ4v) is 3.88. The average molecular weight is 583 g/mol. The molecule has 0 atom stereocenters. The van der Waals surface area contributed by atoms with Crippen molar-refractivity contribution in [2.75, 3.05) is 12.4 Å². The minimum absolute atomic E-state index is 0.189. The molecule has 182 valence electrons. The number of nitrogens with one attached hydrogen (secondary N) is 2. The number of ether oxygens (including phenoxy) is 2. The summed E-state index contributed by atoms with van der Waals surface area (Å²) in [5, 5.41) is 7.38. The Kier molecular flexibility index (Phi) is 9.47. The first-order valence-electron chi connectivity index (χ1n) is 10.1. The Labute approximate surface area is 219 Å². The molecule has 0 saturated carbocycles. The van der Waals surface area contributed by atoms with Crippen molar-refractivity contribution in [3.8, 4) is 11.5 Å². The Morgan fingerprint density at radius 3 is 2.51 bits per heavy atom. The van der Waals surface area contributed by atoms with Crippen molar-refractivity contribution in [3.63, 3.8) is 0 Å². The first kappa shape index (κ1) is 26.5. The van der Waals surface area contributed by atoms with E-state index in [1.165, 1.54) is 37.6 Å². The smallest absolute Gasteiger partial charge is 0.249 e. The number of benzene rings is 3. The summed E-state index contributed by atoms with van der Waals surface area (Å²) < 4.78 is 24.8. The van der Waals surface area contributed by atoms with Crippen molar-refractivity contribution >= 4 is 62.8 Å². The second-order valence-electron chi connectivity index (χ2n) is 7.08. The molecule has 0 aliphatic carbocycles. The molecular formula is C24H19BrCl2FN3O4. The van der Waals surface area contributed by atoms with Crippen molar-refractivity contribution in [1.29, 1.82) is 0 Å². The topological polar surface area (TPSA) is 89.0 Å². The van der Waals surface area contributed by atoms with E-state index >= 15 is 0 Å². The molecule has 0 heterocycles. The Hall–Kier alpha value is -3.14. The van der Waals surface area contributed by atoms with Crippen molar-refractivity contribution < 1.29 is 23.5 Å². The van der Waals surface area contributed by atoms with E-state index in [1.807, 2.05) is 0 Å². The maximum absolute atomic E-state index is 12.9. The lowest BCUT2D eigenvalue weighted by Crippen LogP contribution is -2.24. The summed E-state index contributed by atoms with van der Waals surface area (Å²) in [6.45, 7) is 0.189. The fourth-order valence-electron chi connectivity index (χ4n) is 2.85. The number of hydrogen-bond acceptors (Lipinski definition) is 5. The van der Waals surface area contributed by atoms with Crippen LogP contribution in [0.4, 0.5) is 10.1 Å². The predicted molar refractivity (Wildman–Crippen MR) is 137 cm³/mol. The van der Waals surface area contributed by atoms with Crippen LogP contribution in [0.5, 0.6) is 11.5 Å². The van der Waals surface area contributed by atoms with Gasteiger partial charge in [-0.25, -0.2) is 9.82 Å². The largest absolute Gasteiger partial charge is 0.493 e. The molecule has 0 aliphatic rings. The maximum Gasteiger partial charge on any atom is 0.249 e. The van der Waals surface area contributed by atoms with E-state index < -0.39 is 24.1 Å². The van der Waals surface area contributed by atoms with Gasteiger partial charge in [-0.05, 0) is 70.0 Å². The van der Waals surface area contributed by atoms with Crippen LogP contribution in [0.25, 0.3) is 0 Å². The Morgan fingerprint density at radius 1 is 1.09 bits per heavy atom. The van der Waals surface area contributed by atoms with Gasteiger partial charge in [-0.1, -0.05) is 29.3 Å². The molecule has 7 nitrogen and oxygen atoms in total. The van der Waals surface area contributed by atoms with E-state index in [1.54, 1.807) is 30.3 Å². The van der Waals surface area contributed by atoms with Crippen LogP contribution in [0.1, 0.15) is 17.5 Å². The molecule has 3 aromatic carbocycles. The van der Waals surface area contributed by atoms with E-state index in [4.69, 9.17) is 32.7 Å². The van der Waals surface area contributed by atoms with Gasteiger partial charge in [0, 0.05) is 21.3 Å². The SMILES string of the molecule is COc1cc(C=NNC(=O)CC(=O)Nc2ccc(F)cc2)cc(Br)c1OCc1ccc(Cl)cc1Cl. The van der Waals surface area contributed by atoms with E-state index in [0.717, 1.165) is 5.56 Å². The summed E-state index contributed by atoms with van der Waals surface area (Å²) in [4.78, 5) is 23.9. The van der Waals surface area contributed by atoms with Gasteiger partial charge in [0.1, 0.15) is 18.8 Å². The monoisotopic (exact) mass is 581 g/mol. The minimum Gasteiger partial charge on any atom is -0.493 e. The molecule has 11 heteroatoms. The van der Waals surface area contributed by atoms with Crippen LogP contribution < -0.4 is 20.2 Å². The molecule has 0 spiro atoms. The molecule has 0 aliphatic heterocycles. The second-order valence-corrected chi connectivity index (χ2v) is 8.78. The molecule has 3 aromatic rings. The van der Waals surface area contributed by atoms with Gasteiger partial charge in [-0.2, -0.15) is 5.10 Å². The van der Waals surface area contributed by atoms with Crippen molar-refractivity contribution in [2.45, 2.75) is 13.0 Å². The maximum atomic E-state index is 12.9. The average Bonchev–Trinajstić information content (AvgIpc) is 2.80. The number of nitrogens with zero attached hydrogens (tertiary/aromatic N) is 1. The third-order valence-corrected chi connectivity index (χ3v) is 5.67. The molecule has 0 fully saturated rings.